The molecule has 5 heteroatoms. The third kappa shape index (κ3) is 5.31. The van der Waals surface area contributed by atoms with Crippen LogP contribution in [0.2, 0.25) is 0 Å². The van der Waals surface area contributed by atoms with Crippen molar-refractivity contribution >= 4 is 23.3 Å². The standard InChI is InChI=1S/C17H24N2O3/c1-5-12(2)19(14(4)21)10-9-17(22)18-16-8-6-7-15(11-16)13(3)20/h6-8,11-12H,5,9-10H2,1-4H3,(H,18,22). The van der Waals surface area contributed by atoms with Crippen molar-refractivity contribution in [2.75, 3.05) is 11.9 Å². The van der Waals surface area contributed by atoms with E-state index in [1.54, 1.807) is 29.2 Å². The number of nitrogens with one attached hydrogen (secondary N) is 1. The molecule has 1 atom stereocenters. The summed E-state index contributed by atoms with van der Waals surface area (Å²) in [7, 11) is 0. The van der Waals surface area contributed by atoms with Gasteiger partial charge in [-0.25, -0.2) is 0 Å². The smallest absolute Gasteiger partial charge is 0.226 e. The summed E-state index contributed by atoms with van der Waals surface area (Å²) >= 11 is 0. The molecule has 0 bridgehead atoms. The first kappa shape index (κ1) is 17.9. The molecule has 2 amide bonds. The summed E-state index contributed by atoms with van der Waals surface area (Å²) in [5, 5.41) is 2.76. The van der Waals surface area contributed by atoms with Crippen LogP contribution in [-0.4, -0.2) is 35.1 Å². The number of nitrogens with zero attached hydrogens (tertiary/aromatic N) is 1. The number of Topliss-reactive ketones (excluding diaryl/α,β-unsaturated/α-hetero) is 1. The third-order valence-corrected chi connectivity index (χ3v) is 3.66. The van der Waals surface area contributed by atoms with Gasteiger partial charge >= 0.3 is 0 Å². The highest BCUT2D eigenvalue weighted by molar-refractivity contribution is 5.97. The zero-order chi connectivity index (χ0) is 16.7. The van der Waals surface area contributed by atoms with Gasteiger partial charge in [-0.2, -0.15) is 0 Å². The minimum atomic E-state index is -0.171. The first-order chi connectivity index (χ1) is 10.3. The molecule has 0 heterocycles. The Morgan fingerprint density at radius 1 is 1.23 bits per heavy atom. The fourth-order valence-corrected chi connectivity index (χ4v) is 2.17. The summed E-state index contributed by atoms with van der Waals surface area (Å²) in [5.41, 5.74) is 1.15. The van der Waals surface area contributed by atoms with Crippen LogP contribution in [0.4, 0.5) is 5.69 Å². The number of anilines is 1. The normalized spacial score (nSPS) is 11.6. The Balaban J connectivity index is 2.61. The number of benzene rings is 1. The van der Waals surface area contributed by atoms with E-state index in [0.717, 1.165) is 6.42 Å². The average molecular weight is 304 g/mol. The lowest BCUT2D eigenvalue weighted by Crippen LogP contribution is -2.38. The van der Waals surface area contributed by atoms with E-state index in [1.807, 2.05) is 13.8 Å². The third-order valence-electron chi connectivity index (χ3n) is 3.66. The highest BCUT2D eigenvalue weighted by Crippen LogP contribution is 2.12. The summed E-state index contributed by atoms with van der Waals surface area (Å²) in [6.07, 6.45) is 1.08. The predicted molar refractivity (Wildman–Crippen MR) is 86.8 cm³/mol. The zero-order valence-corrected chi connectivity index (χ0v) is 13.7. The molecular weight excluding hydrogens is 280 g/mol. The molecule has 1 aromatic rings. The van der Waals surface area contributed by atoms with Gasteiger partial charge in [-0.3, -0.25) is 14.4 Å². The lowest BCUT2D eigenvalue weighted by Gasteiger charge is -2.27. The topological polar surface area (TPSA) is 66.5 Å². The molecule has 0 aliphatic rings. The van der Waals surface area contributed by atoms with E-state index < -0.39 is 0 Å². The Hall–Kier alpha value is -2.17. The summed E-state index contributed by atoms with van der Waals surface area (Å²) < 4.78 is 0. The number of ketones is 1. The van der Waals surface area contributed by atoms with E-state index in [4.69, 9.17) is 0 Å². The number of hydrogen-bond acceptors (Lipinski definition) is 3. The van der Waals surface area contributed by atoms with Crippen LogP contribution in [-0.2, 0) is 9.59 Å². The Morgan fingerprint density at radius 2 is 1.91 bits per heavy atom. The first-order valence-electron chi connectivity index (χ1n) is 7.53. The maximum Gasteiger partial charge on any atom is 0.226 e. The van der Waals surface area contributed by atoms with Gasteiger partial charge in [-0.05, 0) is 32.4 Å². The SMILES string of the molecule is CCC(C)N(CCC(=O)Nc1cccc(C(C)=O)c1)C(C)=O. The van der Waals surface area contributed by atoms with Gasteiger partial charge in [0.1, 0.15) is 0 Å². The first-order valence-corrected chi connectivity index (χ1v) is 7.53. The van der Waals surface area contributed by atoms with Gasteiger partial charge in [0.05, 0.1) is 0 Å². The minimum absolute atomic E-state index is 0.0271. The van der Waals surface area contributed by atoms with Crippen LogP contribution in [0.3, 0.4) is 0 Å². The molecule has 5 nitrogen and oxygen atoms in total. The van der Waals surface area contributed by atoms with Crippen LogP contribution in [0.1, 0.15) is 50.9 Å². The van der Waals surface area contributed by atoms with Crippen LogP contribution in [0, 0.1) is 0 Å². The molecule has 1 rings (SSSR count). The molecule has 0 saturated carbocycles. The summed E-state index contributed by atoms with van der Waals surface area (Å²) in [5.74, 6) is -0.244. The molecule has 22 heavy (non-hydrogen) atoms. The molecule has 0 aliphatic heterocycles. The summed E-state index contributed by atoms with van der Waals surface area (Å²) in [6, 6.07) is 6.94. The van der Waals surface area contributed by atoms with Crippen molar-refractivity contribution in [3.63, 3.8) is 0 Å². The van der Waals surface area contributed by atoms with Gasteiger partial charge in [0.2, 0.25) is 11.8 Å². The molecule has 0 aromatic heterocycles. The molecule has 0 spiro atoms. The highest BCUT2D eigenvalue weighted by Gasteiger charge is 2.16. The second-order valence-electron chi connectivity index (χ2n) is 5.40. The molecule has 120 valence electrons. The quantitative estimate of drug-likeness (QED) is 0.788. The average Bonchev–Trinajstić information content (AvgIpc) is 2.46. The molecule has 1 unspecified atom stereocenters. The fourth-order valence-electron chi connectivity index (χ4n) is 2.17. The van der Waals surface area contributed by atoms with Gasteiger partial charge in [0, 0.05) is 37.2 Å². The molecule has 1 aromatic carbocycles. The summed E-state index contributed by atoms with van der Waals surface area (Å²) in [6.45, 7) is 7.37. The van der Waals surface area contributed by atoms with E-state index in [1.165, 1.54) is 13.8 Å². The number of carbonyl (C=O) groups excluding carboxylic acids is 3. The van der Waals surface area contributed by atoms with Crippen LogP contribution in [0.5, 0.6) is 0 Å². The fraction of sp³-hybridized carbons (Fsp3) is 0.471. The lowest BCUT2D eigenvalue weighted by molar-refractivity contribution is -0.131. The largest absolute Gasteiger partial charge is 0.340 e. The number of amides is 2. The van der Waals surface area contributed by atoms with E-state index in [9.17, 15) is 14.4 Å². The Labute approximate surface area is 131 Å². The Kier molecular flexibility index (Phi) is 6.76. The van der Waals surface area contributed by atoms with Crippen LogP contribution in [0.25, 0.3) is 0 Å². The van der Waals surface area contributed by atoms with Gasteiger partial charge in [0.25, 0.3) is 0 Å². The van der Waals surface area contributed by atoms with Gasteiger partial charge < -0.3 is 10.2 Å². The van der Waals surface area contributed by atoms with Crippen molar-refractivity contribution in [2.45, 2.75) is 46.6 Å². The number of hydrogen-bond donors (Lipinski definition) is 1. The zero-order valence-electron chi connectivity index (χ0n) is 13.7. The molecular formula is C17H24N2O3. The van der Waals surface area contributed by atoms with Gasteiger partial charge in [-0.1, -0.05) is 19.1 Å². The van der Waals surface area contributed by atoms with Crippen molar-refractivity contribution < 1.29 is 14.4 Å². The van der Waals surface area contributed by atoms with Crippen molar-refractivity contribution in [3.05, 3.63) is 29.8 Å². The number of rotatable bonds is 7. The second-order valence-corrected chi connectivity index (χ2v) is 5.40. The van der Waals surface area contributed by atoms with Crippen molar-refractivity contribution in [3.8, 4) is 0 Å². The lowest BCUT2D eigenvalue weighted by atomic mass is 10.1. The van der Waals surface area contributed by atoms with E-state index in [-0.39, 0.29) is 30.1 Å². The van der Waals surface area contributed by atoms with E-state index in [0.29, 0.717) is 17.8 Å². The van der Waals surface area contributed by atoms with Crippen molar-refractivity contribution in [2.24, 2.45) is 0 Å². The van der Waals surface area contributed by atoms with Crippen LogP contribution in [0.15, 0.2) is 24.3 Å². The summed E-state index contributed by atoms with van der Waals surface area (Å²) in [4.78, 5) is 36.6. The second kappa shape index (κ2) is 8.32. The van der Waals surface area contributed by atoms with Gasteiger partial charge in [-0.15, -0.1) is 0 Å². The minimum Gasteiger partial charge on any atom is -0.340 e. The Morgan fingerprint density at radius 3 is 2.45 bits per heavy atom. The Bertz CT molecular complexity index is 555. The molecule has 0 fully saturated rings. The van der Waals surface area contributed by atoms with Crippen molar-refractivity contribution in [1.29, 1.82) is 0 Å². The molecule has 0 aliphatic carbocycles. The van der Waals surface area contributed by atoms with Gasteiger partial charge in [0.15, 0.2) is 5.78 Å². The van der Waals surface area contributed by atoms with Crippen LogP contribution >= 0.6 is 0 Å². The molecule has 0 radical (unpaired) electrons. The maximum absolute atomic E-state index is 12.0. The predicted octanol–water partition coefficient (Wildman–Crippen LogP) is 2.86. The monoisotopic (exact) mass is 304 g/mol. The highest BCUT2D eigenvalue weighted by atomic mass is 16.2. The van der Waals surface area contributed by atoms with Crippen molar-refractivity contribution in [1.82, 2.24) is 4.90 Å². The number of carbonyl (C=O) groups is 3. The molecule has 1 N–H and O–H groups in total. The van der Waals surface area contributed by atoms with E-state index >= 15 is 0 Å². The molecule has 0 saturated heterocycles. The van der Waals surface area contributed by atoms with Crippen LogP contribution < -0.4 is 5.32 Å². The maximum atomic E-state index is 12.0. The van der Waals surface area contributed by atoms with E-state index in [2.05, 4.69) is 5.32 Å².